The Morgan fingerprint density at radius 2 is 2.19 bits per heavy atom. The number of nitro benzene ring substituents is 1. The van der Waals surface area contributed by atoms with Gasteiger partial charge in [-0.2, -0.15) is 4.98 Å². The first-order valence-electron chi connectivity index (χ1n) is 6.26. The number of rotatable bonds is 6. The van der Waals surface area contributed by atoms with E-state index in [1.54, 1.807) is 17.2 Å². The lowest BCUT2D eigenvalue weighted by Gasteiger charge is -2.15. The van der Waals surface area contributed by atoms with Crippen LogP contribution in [0, 0.1) is 10.1 Å². The summed E-state index contributed by atoms with van der Waals surface area (Å²) in [6.45, 7) is 4.15. The Kier molecular flexibility index (Phi) is 4.29. The molecule has 2 N–H and O–H groups in total. The molecule has 8 nitrogen and oxygen atoms in total. The van der Waals surface area contributed by atoms with Crippen molar-refractivity contribution in [3.05, 3.63) is 41.0 Å². The molecule has 0 saturated heterocycles. The highest BCUT2D eigenvalue weighted by Gasteiger charge is 2.13. The molecule has 0 fully saturated rings. The summed E-state index contributed by atoms with van der Waals surface area (Å²) in [6.07, 6.45) is 1.70. The molecule has 0 spiro atoms. The largest absolute Gasteiger partial charge is 0.351 e. The second kappa shape index (κ2) is 6.14. The quantitative estimate of drug-likeness (QED) is 0.477. The molecule has 0 amide bonds. The number of nitro groups is 1. The maximum absolute atomic E-state index is 10.9. The summed E-state index contributed by atoms with van der Waals surface area (Å²) in [5, 5.41) is 16.2. The van der Waals surface area contributed by atoms with Gasteiger partial charge in [0.1, 0.15) is 0 Å². The number of nitrogens with zero attached hydrogens (tertiary/aromatic N) is 4. The lowest BCUT2D eigenvalue weighted by atomic mass is 10.2. The molecule has 0 radical (unpaired) electrons. The molecule has 8 heteroatoms. The minimum absolute atomic E-state index is 0.000271. The average Bonchev–Trinajstić information content (AvgIpc) is 2.44. The third-order valence-corrected chi connectivity index (χ3v) is 2.62. The van der Waals surface area contributed by atoms with Gasteiger partial charge in [0.2, 0.25) is 5.95 Å². The van der Waals surface area contributed by atoms with Gasteiger partial charge in [-0.25, -0.2) is 9.99 Å². The van der Waals surface area contributed by atoms with Crippen LogP contribution in [0.5, 0.6) is 0 Å². The molecular weight excluding hydrogens is 272 g/mol. The normalized spacial score (nSPS) is 10.6. The number of non-ortho nitro benzene ring substituents is 1. The van der Waals surface area contributed by atoms with Gasteiger partial charge >= 0.3 is 0 Å². The van der Waals surface area contributed by atoms with E-state index in [0.717, 1.165) is 0 Å². The number of hydrogen-bond acceptors (Lipinski definition) is 7. The second-order valence-electron chi connectivity index (χ2n) is 4.53. The zero-order chi connectivity index (χ0) is 15.4. The molecule has 0 aliphatic carbocycles. The molecule has 1 aromatic carbocycles. The van der Waals surface area contributed by atoms with E-state index in [-0.39, 0.29) is 5.69 Å². The second-order valence-corrected chi connectivity index (χ2v) is 4.53. The summed E-state index contributed by atoms with van der Waals surface area (Å²) in [7, 11) is 3.62. The van der Waals surface area contributed by atoms with E-state index in [1.807, 2.05) is 14.1 Å². The number of fused-ring (bicyclic) bond motifs is 1. The van der Waals surface area contributed by atoms with Crippen molar-refractivity contribution in [1.29, 1.82) is 0 Å². The van der Waals surface area contributed by atoms with E-state index in [9.17, 15) is 10.1 Å². The molecule has 2 rings (SSSR count). The van der Waals surface area contributed by atoms with Gasteiger partial charge in [-0.05, 0) is 6.07 Å². The van der Waals surface area contributed by atoms with Crippen molar-refractivity contribution in [3.8, 4) is 0 Å². The number of hydrogen-bond donors (Lipinski definition) is 2. The zero-order valence-electron chi connectivity index (χ0n) is 11.8. The van der Waals surface area contributed by atoms with Crippen LogP contribution in [-0.2, 0) is 0 Å². The lowest BCUT2D eigenvalue weighted by Crippen LogP contribution is -2.21. The van der Waals surface area contributed by atoms with Crippen LogP contribution in [0.25, 0.3) is 10.9 Å². The van der Waals surface area contributed by atoms with E-state index in [1.165, 1.54) is 12.1 Å². The van der Waals surface area contributed by atoms with E-state index in [2.05, 4.69) is 27.3 Å². The summed E-state index contributed by atoms with van der Waals surface area (Å²) in [4.78, 5) is 19.1. The Bertz CT molecular complexity index is 686. The van der Waals surface area contributed by atoms with Crippen LogP contribution in [-0.4, -0.2) is 40.5 Å². The van der Waals surface area contributed by atoms with Crippen molar-refractivity contribution in [3.63, 3.8) is 0 Å². The van der Waals surface area contributed by atoms with Crippen LogP contribution in [0.15, 0.2) is 30.9 Å². The molecular formula is C13H16N6O2. The maximum Gasteiger partial charge on any atom is 0.270 e. The van der Waals surface area contributed by atoms with Gasteiger partial charge in [0.05, 0.1) is 15.8 Å². The third kappa shape index (κ3) is 3.42. The minimum Gasteiger partial charge on any atom is -0.351 e. The van der Waals surface area contributed by atoms with E-state index in [0.29, 0.717) is 29.2 Å². The van der Waals surface area contributed by atoms with Crippen molar-refractivity contribution >= 4 is 28.4 Å². The SMILES string of the molecule is C=CCNc1nc(NN(C)C)c2cc([N+](=O)[O-])ccc2n1. The Hall–Kier alpha value is -2.74. The first kappa shape index (κ1) is 14.7. The summed E-state index contributed by atoms with van der Waals surface area (Å²) < 4.78 is 0. The van der Waals surface area contributed by atoms with Crippen molar-refractivity contribution in [2.45, 2.75) is 0 Å². The van der Waals surface area contributed by atoms with E-state index < -0.39 is 4.92 Å². The van der Waals surface area contributed by atoms with Crippen LogP contribution in [0.3, 0.4) is 0 Å². The first-order valence-corrected chi connectivity index (χ1v) is 6.26. The molecule has 110 valence electrons. The van der Waals surface area contributed by atoms with Crippen LogP contribution >= 0.6 is 0 Å². The predicted octanol–water partition coefficient (Wildman–Crippen LogP) is 2.02. The van der Waals surface area contributed by atoms with E-state index in [4.69, 9.17) is 0 Å². The molecule has 0 bridgehead atoms. The Balaban J connectivity index is 2.56. The number of benzene rings is 1. The minimum atomic E-state index is -0.442. The fraction of sp³-hybridized carbons (Fsp3) is 0.231. The van der Waals surface area contributed by atoms with Crippen molar-refractivity contribution in [1.82, 2.24) is 15.0 Å². The molecule has 1 heterocycles. The number of hydrazine groups is 1. The third-order valence-electron chi connectivity index (χ3n) is 2.62. The highest BCUT2D eigenvalue weighted by atomic mass is 16.6. The summed E-state index contributed by atoms with van der Waals surface area (Å²) in [5.74, 6) is 0.931. The molecule has 0 aliphatic heterocycles. The molecule has 0 unspecified atom stereocenters. The highest BCUT2D eigenvalue weighted by molar-refractivity contribution is 5.91. The van der Waals surface area contributed by atoms with Gasteiger partial charge in [0, 0.05) is 32.8 Å². The zero-order valence-corrected chi connectivity index (χ0v) is 11.8. The molecule has 0 saturated carbocycles. The van der Waals surface area contributed by atoms with Gasteiger partial charge < -0.3 is 10.7 Å². The molecule has 21 heavy (non-hydrogen) atoms. The van der Waals surface area contributed by atoms with Crippen LogP contribution in [0.4, 0.5) is 17.5 Å². The Morgan fingerprint density at radius 3 is 2.81 bits per heavy atom. The summed E-state index contributed by atoms with van der Waals surface area (Å²) in [5.41, 5.74) is 3.64. The van der Waals surface area contributed by atoms with Crippen molar-refractivity contribution in [2.24, 2.45) is 0 Å². The van der Waals surface area contributed by atoms with E-state index >= 15 is 0 Å². The van der Waals surface area contributed by atoms with Gasteiger partial charge in [-0.3, -0.25) is 10.1 Å². The monoisotopic (exact) mass is 288 g/mol. The number of aromatic nitrogens is 2. The summed E-state index contributed by atoms with van der Waals surface area (Å²) >= 11 is 0. The van der Waals surface area contributed by atoms with Gasteiger partial charge in [-0.15, -0.1) is 6.58 Å². The van der Waals surface area contributed by atoms with Crippen LogP contribution in [0.1, 0.15) is 0 Å². The fourth-order valence-electron chi connectivity index (χ4n) is 1.77. The topological polar surface area (TPSA) is 96.2 Å². The molecule has 1 aromatic heterocycles. The highest BCUT2D eigenvalue weighted by Crippen LogP contribution is 2.26. The standard InChI is InChI=1S/C13H16N6O2/c1-4-7-14-13-15-11-6-5-9(19(20)21)8-10(11)12(16-13)17-18(2)3/h4-6,8H,1,7H2,2-3H3,(H2,14,15,16,17). The average molecular weight is 288 g/mol. The maximum atomic E-state index is 10.9. The number of nitrogens with one attached hydrogen (secondary N) is 2. The lowest BCUT2D eigenvalue weighted by molar-refractivity contribution is -0.384. The van der Waals surface area contributed by atoms with Gasteiger partial charge in [0.15, 0.2) is 5.82 Å². The molecule has 0 atom stereocenters. The number of anilines is 2. The fourth-order valence-corrected chi connectivity index (χ4v) is 1.77. The van der Waals surface area contributed by atoms with Crippen molar-refractivity contribution in [2.75, 3.05) is 31.4 Å². The van der Waals surface area contributed by atoms with Gasteiger partial charge in [0.25, 0.3) is 5.69 Å². The first-order chi connectivity index (χ1) is 10.0. The Morgan fingerprint density at radius 1 is 1.43 bits per heavy atom. The Labute approximate surface area is 121 Å². The smallest absolute Gasteiger partial charge is 0.270 e. The van der Waals surface area contributed by atoms with Crippen LogP contribution in [0.2, 0.25) is 0 Å². The predicted molar refractivity (Wildman–Crippen MR) is 82.2 cm³/mol. The van der Waals surface area contributed by atoms with Crippen LogP contribution < -0.4 is 10.7 Å². The van der Waals surface area contributed by atoms with Gasteiger partial charge in [-0.1, -0.05) is 6.08 Å². The van der Waals surface area contributed by atoms with Crippen molar-refractivity contribution < 1.29 is 4.92 Å². The molecule has 2 aromatic rings. The molecule has 0 aliphatic rings. The summed E-state index contributed by atoms with van der Waals surface area (Å²) in [6, 6.07) is 4.49.